The highest BCUT2D eigenvalue weighted by atomic mass is 16.5. The third-order valence-electron chi connectivity index (χ3n) is 2.93. The lowest BCUT2D eigenvalue weighted by molar-refractivity contribution is 0.199. The monoisotopic (exact) mass is 278 g/mol. The van der Waals surface area contributed by atoms with E-state index in [2.05, 4.69) is 27.4 Å². The zero-order chi connectivity index (χ0) is 14.2. The molecular formula is C13H22N6O. The van der Waals surface area contributed by atoms with Crippen LogP contribution in [0, 0.1) is 0 Å². The SMILES string of the molecule is CCCn1ncnc1Cn1cc(CNCCOC)cn1. The van der Waals surface area contributed by atoms with Gasteiger partial charge >= 0.3 is 0 Å². The van der Waals surface area contributed by atoms with Crippen molar-refractivity contribution in [1.82, 2.24) is 29.9 Å². The van der Waals surface area contributed by atoms with E-state index < -0.39 is 0 Å². The lowest BCUT2D eigenvalue weighted by atomic mass is 10.3. The van der Waals surface area contributed by atoms with Gasteiger partial charge in [-0.15, -0.1) is 0 Å². The first kappa shape index (κ1) is 14.7. The zero-order valence-electron chi connectivity index (χ0n) is 12.1. The van der Waals surface area contributed by atoms with Crippen LogP contribution in [-0.4, -0.2) is 44.8 Å². The normalized spacial score (nSPS) is 11.1. The number of ether oxygens (including phenoxy) is 1. The van der Waals surface area contributed by atoms with Crippen molar-refractivity contribution in [2.45, 2.75) is 33.0 Å². The minimum Gasteiger partial charge on any atom is -0.383 e. The highest BCUT2D eigenvalue weighted by molar-refractivity contribution is 5.04. The molecule has 0 saturated carbocycles. The molecule has 7 nitrogen and oxygen atoms in total. The fourth-order valence-electron chi connectivity index (χ4n) is 1.95. The van der Waals surface area contributed by atoms with Gasteiger partial charge in [-0.05, 0) is 6.42 Å². The molecule has 7 heteroatoms. The molecule has 0 amide bonds. The van der Waals surface area contributed by atoms with Crippen LogP contribution in [0.4, 0.5) is 0 Å². The average Bonchev–Trinajstić information content (AvgIpc) is 3.06. The van der Waals surface area contributed by atoms with Crippen molar-refractivity contribution in [2.24, 2.45) is 0 Å². The molecule has 0 unspecified atom stereocenters. The first-order valence-corrected chi connectivity index (χ1v) is 6.91. The first-order valence-electron chi connectivity index (χ1n) is 6.91. The van der Waals surface area contributed by atoms with Crippen molar-refractivity contribution >= 4 is 0 Å². The van der Waals surface area contributed by atoms with Gasteiger partial charge in [-0.1, -0.05) is 6.92 Å². The van der Waals surface area contributed by atoms with Crippen LogP contribution in [0.2, 0.25) is 0 Å². The van der Waals surface area contributed by atoms with Crippen LogP contribution in [0.25, 0.3) is 0 Å². The molecule has 0 bridgehead atoms. The largest absolute Gasteiger partial charge is 0.383 e. The fourth-order valence-corrected chi connectivity index (χ4v) is 1.95. The van der Waals surface area contributed by atoms with Crippen LogP contribution < -0.4 is 5.32 Å². The highest BCUT2D eigenvalue weighted by Crippen LogP contribution is 2.02. The summed E-state index contributed by atoms with van der Waals surface area (Å²) >= 11 is 0. The smallest absolute Gasteiger partial charge is 0.148 e. The molecule has 0 saturated heterocycles. The van der Waals surface area contributed by atoms with Gasteiger partial charge in [-0.25, -0.2) is 9.67 Å². The second-order valence-corrected chi connectivity index (χ2v) is 4.62. The molecule has 0 radical (unpaired) electrons. The molecule has 0 fully saturated rings. The van der Waals surface area contributed by atoms with Gasteiger partial charge in [-0.3, -0.25) is 4.68 Å². The lowest BCUT2D eigenvalue weighted by Crippen LogP contribution is -2.18. The molecule has 2 rings (SSSR count). The van der Waals surface area contributed by atoms with Gasteiger partial charge in [-0.2, -0.15) is 10.2 Å². The van der Waals surface area contributed by atoms with Crippen LogP contribution in [0.5, 0.6) is 0 Å². The Labute approximate surface area is 119 Å². The molecule has 2 heterocycles. The van der Waals surface area contributed by atoms with Gasteiger partial charge in [0.2, 0.25) is 0 Å². The molecule has 20 heavy (non-hydrogen) atoms. The molecule has 0 aliphatic rings. The summed E-state index contributed by atoms with van der Waals surface area (Å²) in [5, 5.41) is 11.9. The fraction of sp³-hybridized carbons (Fsp3) is 0.615. The van der Waals surface area contributed by atoms with Crippen molar-refractivity contribution in [3.8, 4) is 0 Å². The standard InChI is InChI=1S/C13H22N6O/c1-3-5-19-13(15-11-17-19)10-18-9-12(8-16-18)7-14-4-6-20-2/h8-9,11,14H,3-7,10H2,1-2H3. The predicted octanol–water partition coefficient (Wildman–Crippen LogP) is 0.669. The van der Waals surface area contributed by atoms with E-state index in [0.29, 0.717) is 13.2 Å². The first-order chi connectivity index (χ1) is 9.83. The summed E-state index contributed by atoms with van der Waals surface area (Å²) in [7, 11) is 1.70. The van der Waals surface area contributed by atoms with E-state index in [-0.39, 0.29) is 0 Å². The molecule has 110 valence electrons. The van der Waals surface area contributed by atoms with E-state index in [9.17, 15) is 0 Å². The summed E-state index contributed by atoms with van der Waals surface area (Å²) in [6, 6.07) is 0. The number of nitrogens with zero attached hydrogens (tertiary/aromatic N) is 5. The molecule has 2 aromatic rings. The Kier molecular flexibility index (Phi) is 5.69. The maximum atomic E-state index is 4.99. The molecule has 0 aliphatic heterocycles. The number of rotatable bonds is 9. The Morgan fingerprint density at radius 1 is 1.35 bits per heavy atom. The van der Waals surface area contributed by atoms with Crippen molar-refractivity contribution < 1.29 is 4.74 Å². The second kappa shape index (κ2) is 7.76. The van der Waals surface area contributed by atoms with Gasteiger partial charge in [0.05, 0.1) is 12.8 Å². The Balaban J connectivity index is 1.87. The highest BCUT2D eigenvalue weighted by Gasteiger charge is 2.05. The molecule has 0 aliphatic carbocycles. The Bertz CT molecular complexity index is 506. The summed E-state index contributed by atoms with van der Waals surface area (Å²) in [5.74, 6) is 0.939. The quantitative estimate of drug-likeness (QED) is 0.683. The van der Waals surface area contributed by atoms with E-state index in [1.165, 1.54) is 0 Å². The number of aromatic nitrogens is 5. The predicted molar refractivity (Wildman–Crippen MR) is 75.2 cm³/mol. The molecular weight excluding hydrogens is 256 g/mol. The zero-order valence-corrected chi connectivity index (χ0v) is 12.1. The van der Waals surface area contributed by atoms with E-state index in [1.54, 1.807) is 13.4 Å². The van der Waals surface area contributed by atoms with Crippen LogP contribution >= 0.6 is 0 Å². The number of aryl methyl sites for hydroxylation is 1. The van der Waals surface area contributed by atoms with Crippen molar-refractivity contribution in [3.63, 3.8) is 0 Å². The topological polar surface area (TPSA) is 69.8 Å². The van der Waals surface area contributed by atoms with E-state index in [0.717, 1.165) is 37.4 Å². The summed E-state index contributed by atoms with van der Waals surface area (Å²) in [6.45, 7) is 6.02. The van der Waals surface area contributed by atoms with Crippen LogP contribution in [0.15, 0.2) is 18.7 Å². The summed E-state index contributed by atoms with van der Waals surface area (Å²) in [6.07, 6.45) is 6.55. The number of nitrogens with one attached hydrogen (secondary N) is 1. The van der Waals surface area contributed by atoms with Crippen LogP contribution in [0.1, 0.15) is 24.7 Å². The van der Waals surface area contributed by atoms with Gasteiger partial charge in [0.1, 0.15) is 18.7 Å². The number of methoxy groups -OCH3 is 1. The third kappa shape index (κ3) is 4.14. The number of hydrogen-bond donors (Lipinski definition) is 1. The van der Waals surface area contributed by atoms with Crippen molar-refractivity contribution in [3.05, 3.63) is 30.1 Å². The van der Waals surface area contributed by atoms with Crippen molar-refractivity contribution in [1.29, 1.82) is 0 Å². The average molecular weight is 278 g/mol. The van der Waals surface area contributed by atoms with Crippen molar-refractivity contribution in [2.75, 3.05) is 20.3 Å². The molecule has 0 aromatic carbocycles. The Morgan fingerprint density at radius 3 is 3.05 bits per heavy atom. The Hall–Kier alpha value is -1.73. The maximum absolute atomic E-state index is 4.99. The minimum absolute atomic E-state index is 0.651. The summed E-state index contributed by atoms with van der Waals surface area (Å²) in [4.78, 5) is 4.28. The Morgan fingerprint density at radius 2 is 2.25 bits per heavy atom. The second-order valence-electron chi connectivity index (χ2n) is 4.62. The van der Waals surface area contributed by atoms with E-state index in [4.69, 9.17) is 4.74 Å². The third-order valence-corrected chi connectivity index (χ3v) is 2.93. The summed E-state index contributed by atoms with van der Waals surface area (Å²) in [5.41, 5.74) is 1.16. The van der Waals surface area contributed by atoms with Crippen LogP contribution in [-0.2, 0) is 24.4 Å². The lowest BCUT2D eigenvalue weighted by Gasteiger charge is -2.04. The van der Waals surface area contributed by atoms with Gasteiger partial charge in [0, 0.05) is 38.5 Å². The number of hydrogen-bond acceptors (Lipinski definition) is 5. The summed E-state index contributed by atoms with van der Waals surface area (Å²) < 4.78 is 8.81. The van der Waals surface area contributed by atoms with Gasteiger partial charge in [0.15, 0.2) is 0 Å². The molecule has 2 aromatic heterocycles. The van der Waals surface area contributed by atoms with Gasteiger partial charge in [0.25, 0.3) is 0 Å². The molecule has 0 spiro atoms. The molecule has 0 atom stereocenters. The molecule has 1 N–H and O–H groups in total. The van der Waals surface area contributed by atoms with Crippen LogP contribution in [0.3, 0.4) is 0 Å². The maximum Gasteiger partial charge on any atom is 0.148 e. The van der Waals surface area contributed by atoms with E-state index in [1.807, 2.05) is 21.8 Å². The minimum atomic E-state index is 0.651. The van der Waals surface area contributed by atoms with Gasteiger partial charge < -0.3 is 10.1 Å². The van der Waals surface area contributed by atoms with E-state index >= 15 is 0 Å².